The molecule has 0 bridgehead atoms. The summed E-state index contributed by atoms with van der Waals surface area (Å²) in [6, 6.07) is 0. The van der Waals surface area contributed by atoms with Gasteiger partial charge >= 0.3 is 12.2 Å². The zero-order chi connectivity index (χ0) is 12.9. The van der Waals surface area contributed by atoms with Crippen molar-refractivity contribution in [1.29, 1.82) is 0 Å². The number of amides is 2. The summed E-state index contributed by atoms with van der Waals surface area (Å²) in [6.45, 7) is 3.28. The van der Waals surface area contributed by atoms with Crippen LogP contribution in [0.5, 0.6) is 0 Å². The summed E-state index contributed by atoms with van der Waals surface area (Å²) < 4.78 is 18.8. The van der Waals surface area contributed by atoms with Crippen molar-refractivity contribution in [3.63, 3.8) is 0 Å². The first-order valence-electron chi connectivity index (χ1n) is 4.59. The molecule has 2 unspecified atom stereocenters. The second kappa shape index (κ2) is 11.8. The van der Waals surface area contributed by atoms with Gasteiger partial charge in [-0.05, 0) is 13.3 Å². The molecule has 0 fully saturated rings. The maximum atomic E-state index is 10.9. The summed E-state index contributed by atoms with van der Waals surface area (Å²) in [5.41, 5.74) is 0. The van der Waals surface area contributed by atoms with Crippen molar-refractivity contribution < 1.29 is 28.1 Å². The molecule has 0 aromatic heterocycles. The molecule has 2 N–H and O–H groups in total. The van der Waals surface area contributed by atoms with Gasteiger partial charge in [-0.3, -0.25) is 0 Å². The summed E-state index contributed by atoms with van der Waals surface area (Å²) >= 11 is 0. The molecule has 100 valence electrons. The van der Waals surface area contributed by atoms with Gasteiger partial charge in [0.25, 0.3) is 0 Å². The number of nitrogens with one attached hydrogen (secondary N) is 2. The molecule has 0 rings (SSSR count). The van der Waals surface area contributed by atoms with Gasteiger partial charge in [-0.15, -0.1) is 0 Å². The van der Waals surface area contributed by atoms with Crippen LogP contribution < -0.4 is 10.6 Å². The molecule has 0 saturated carbocycles. The van der Waals surface area contributed by atoms with Gasteiger partial charge in [-0.25, -0.2) is 9.59 Å². The van der Waals surface area contributed by atoms with E-state index in [1.807, 2.05) is 0 Å². The van der Waals surface area contributed by atoms with Crippen LogP contribution in [-0.4, -0.2) is 45.8 Å². The van der Waals surface area contributed by atoms with Gasteiger partial charge in [0.1, 0.15) is 0 Å². The highest BCUT2D eigenvalue weighted by Crippen LogP contribution is 2.03. The molecule has 0 heterocycles. The van der Waals surface area contributed by atoms with Crippen molar-refractivity contribution in [2.24, 2.45) is 0 Å². The second-order valence-corrected chi connectivity index (χ2v) is 3.72. The first-order chi connectivity index (χ1) is 8.20. The molecule has 0 saturated heterocycles. The predicted molar refractivity (Wildman–Crippen MR) is 64.5 cm³/mol. The smallest absolute Gasteiger partial charge is 0.410 e. The third-order valence-corrected chi connectivity index (χ3v) is 2.07. The van der Waals surface area contributed by atoms with E-state index in [4.69, 9.17) is 9.05 Å². The number of ether oxygens (including phenoxy) is 2. The maximum Gasteiger partial charge on any atom is 0.410 e. The third kappa shape index (κ3) is 11.6. The normalized spacial score (nSPS) is 10.9. The van der Waals surface area contributed by atoms with Gasteiger partial charge in [-0.1, -0.05) is 0 Å². The van der Waals surface area contributed by atoms with Crippen molar-refractivity contribution in [3.8, 4) is 0 Å². The third-order valence-electron chi connectivity index (χ3n) is 1.25. The molecule has 0 aromatic carbocycles. The topological polar surface area (TPSA) is 95.1 Å². The average molecular weight is 286 g/mol. The van der Waals surface area contributed by atoms with Crippen LogP contribution in [0.2, 0.25) is 0 Å². The first kappa shape index (κ1) is 16.3. The maximum absolute atomic E-state index is 10.9. The summed E-state index contributed by atoms with van der Waals surface area (Å²) in [5, 5.41) is 4.55. The van der Waals surface area contributed by atoms with E-state index in [1.54, 1.807) is 13.3 Å². The van der Waals surface area contributed by atoms with Gasteiger partial charge in [0.05, 0.1) is 6.67 Å². The lowest BCUT2D eigenvalue weighted by Crippen LogP contribution is -2.38. The van der Waals surface area contributed by atoms with Crippen LogP contribution in [-0.2, 0) is 18.5 Å². The van der Waals surface area contributed by atoms with Gasteiger partial charge in [-0.2, -0.15) is 0 Å². The SMILES string of the molecule is CPOCOC(=O)NCNC(=O)OCOPC. The molecule has 10 heteroatoms. The molecule has 2 amide bonds. The van der Waals surface area contributed by atoms with Crippen LogP contribution in [0.15, 0.2) is 0 Å². The lowest BCUT2D eigenvalue weighted by atomic mass is 10.9. The number of alkyl carbamates (subject to hydrolysis) is 2. The van der Waals surface area contributed by atoms with Crippen LogP contribution in [0.4, 0.5) is 9.59 Å². The van der Waals surface area contributed by atoms with Crippen LogP contribution >= 0.6 is 17.6 Å². The fourth-order valence-corrected chi connectivity index (χ4v) is 0.928. The van der Waals surface area contributed by atoms with Gasteiger partial charge in [0.2, 0.25) is 0 Å². The molecule has 0 aliphatic carbocycles. The van der Waals surface area contributed by atoms with E-state index in [9.17, 15) is 9.59 Å². The second-order valence-electron chi connectivity index (χ2n) is 2.33. The largest absolute Gasteiger partial charge is 0.422 e. The summed E-state index contributed by atoms with van der Waals surface area (Å²) in [6.07, 6.45) is -1.37. The minimum Gasteiger partial charge on any atom is -0.422 e. The molecule has 0 aliphatic heterocycles. The Hall–Kier alpha value is -0.680. The van der Waals surface area contributed by atoms with Crippen molar-refractivity contribution in [3.05, 3.63) is 0 Å². The monoisotopic (exact) mass is 286 g/mol. The Morgan fingerprint density at radius 3 is 1.71 bits per heavy atom. The van der Waals surface area contributed by atoms with E-state index in [1.165, 1.54) is 0 Å². The Morgan fingerprint density at radius 1 is 0.941 bits per heavy atom. The van der Waals surface area contributed by atoms with Crippen molar-refractivity contribution in [2.45, 2.75) is 0 Å². The molecular formula is C7H16N2O6P2. The summed E-state index contributed by atoms with van der Waals surface area (Å²) in [4.78, 5) is 21.9. The molecule has 8 nitrogen and oxygen atoms in total. The Kier molecular flexibility index (Phi) is 11.3. The number of hydrogen-bond donors (Lipinski definition) is 2. The Bertz CT molecular complexity index is 208. The minimum atomic E-state index is -0.685. The van der Waals surface area contributed by atoms with Crippen molar-refractivity contribution in [2.75, 3.05) is 33.6 Å². The molecule has 2 atom stereocenters. The highest BCUT2D eigenvalue weighted by Gasteiger charge is 2.03. The van der Waals surface area contributed by atoms with Gasteiger partial charge < -0.3 is 29.2 Å². The van der Waals surface area contributed by atoms with Gasteiger partial charge in [0, 0.05) is 17.6 Å². The Morgan fingerprint density at radius 2 is 1.35 bits per heavy atom. The van der Waals surface area contributed by atoms with E-state index < -0.39 is 12.2 Å². The molecule has 0 aromatic rings. The summed E-state index contributed by atoms with van der Waals surface area (Å²) in [5.74, 6) is 0. The van der Waals surface area contributed by atoms with Crippen LogP contribution in [0.1, 0.15) is 0 Å². The van der Waals surface area contributed by atoms with Gasteiger partial charge in [0.15, 0.2) is 13.6 Å². The van der Waals surface area contributed by atoms with Crippen LogP contribution in [0.25, 0.3) is 0 Å². The fraction of sp³-hybridized carbons (Fsp3) is 0.714. The highest BCUT2D eigenvalue weighted by atomic mass is 31.1. The molecule has 0 spiro atoms. The summed E-state index contributed by atoms with van der Waals surface area (Å²) in [7, 11) is 0.494. The number of carbonyl (C=O) groups excluding carboxylic acids is 2. The van der Waals surface area contributed by atoms with Crippen LogP contribution in [0.3, 0.4) is 0 Å². The lowest BCUT2D eigenvalue weighted by molar-refractivity contribution is 0.0647. The van der Waals surface area contributed by atoms with E-state index >= 15 is 0 Å². The van der Waals surface area contributed by atoms with E-state index in [0.717, 1.165) is 0 Å². The molecule has 0 radical (unpaired) electrons. The standard InChI is InChI=1S/C7H16N2O6P2/c1-16-14-4-12-6(10)8-3-9-7(11)13-5-15-17-2/h16-17H,3-5H2,1-2H3,(H,8,10)(H,9,11). The number of rotatable bonds is 8. The molecular weight excluding hydrogens is 270 g/mol. The zero-order valence-corrected chi connectivity index (χ0v) is 11.6. The van der Waals surface area contributed by atoms with Crippen molar-refractivity contribution in [1.82, 2.24) is 10.6 Å². The predicted octanol–water partition coefficient (Wildman–Crippen LogP) is 0.791. The molecule has 0 aliphatic rings. The highest BCUT2D eigenvalue weighted by molar-refractivity contribution is 7.31. The van der Waals surface area contributed by atoms with Crippen LogP contribution in [0, 0.1) is 0 Å². The minimum absolute atomic E-state index is 0.0967. The fourth-order valence-electron chi connectivity index (χ4n) is 0.574. The number of carbonyl (C=O) groups is 2. The molecule has 17 heavy (non-hydrogen) atoms. The van der Waals surface area contributed by atoms with E-state index in [-0.39, 0.29) is 37.9 Å². The number of hydrogen-bond acceptors (Lipinski definition) is 6. The first-order valence-corrected chi connectivity index (χ1v) is 7.40. The quantitative estimate of drug-likeness (QED) is 0.389. The van der Waals surface area contributed by atoms with E-state index in [2.05, 4.69) is 20.1 Å². The average Bonchev–Trinajstić information content (AvgIpc) is 2.30. The lowest BCUT2D eigenvalue weighted by Gasteiger charge is -2.08. The Labute approximate surface area is 103 Å². The van der Waals surface area contributed by atoms with Crippen molar-refractivity contribution >= 4 is 29.8 Å². The zero-order valence-electron chi connectivity index (χ0n) is 9.57. The Balaban J connectivity index is 3.36. The van der Waals surface area contributed by atoms with E-state index in [0.29, 0.717) is 0 Å².